The molecule has 2 heteroatoms. The second-order valence-electron chi connectivity index (χ2n) is 6.47. The van der Waals surface area contributed by atoms with Crippen LogP contribution < -0.4 is 5.32 Å². The predicted molar refractivity (Wildman–Crippen MR) is 88.2 cm³/mol. The molecule has 1 aliphatic carbocycles. The summed E-state index contributed by atoms with van der Waals surface area (Å²) in [6.07, 6.45) is 15.7. The van der Waals surface area contributed by atoms with Gasteiger partial charge >= 0.3 is 0 Å². The maximum Gasteiger partial charge on any atom is 0.0752 e. The third-order valence-electron chi connectivity index (χ3n) is 4.59. The van der Waals surface area contributed by atoms with Crippen molar-refractivity contribution < 1.29 is 4.74 Å². The van der Waals surface area contributed by atoms with E-state index in [2.05, 4.69) is 19.2 Å². The quantitative estimate of drug-likeness (QED) is 0.457. The minimum Gasteiger partial charge on any atom is -0.380 e. The maximum absolute atomic E-state index is 5.75. The Hall–Kier alpha value is -0.0800. The van der Waals surface area contributed by atoms with Crippen LogP contribution in [0.3, 0.4) is 0 Å². The molecular weight excluding hydrogens is 246 g/mol. The highest BCUT2D eigenvalue weighted by atomic mass is 16.5. The SMILES string of the molecule is CCCCCCCCCCC(NCC)C(OC)C1CC1. The van der Waals surface area contributed by atoms with Crippen molar-refractivity contribution in [3.63, 3.8) is 0 Å². The number of methoxy groups -OCH3 is 1. The van der Waals surface area contributed by atoms with Gasteiger partial charge in [0.1, 0.15) is 0 Å². The van der Waals surface area contributed by atoms with Crippen LogP contribution in [0.1, 0.15) is 84.5 Å². The highest BCUT2D eigenvalue weighted by molar-refractivity contribution is 4.90. The summed E-state index contributed by atoms with van der Waals surface area (Å²) in [5.74, 6) is 0.832. The third-order valence-corrected chi connectivity index (χ3v) is 4.59. The standard InChI is InChI=1S/C18H37NO/c1-4-6-7-8-9-10-11-12-13-17(19-5-2)18(20-3)16-14-15-16/h16-19H,4-15H2,1-3H3. The molecule has 0 aromatic rings. The monoisotopic (exact) mass is 283 g/mol. The number of unbranched alkanes of at least 4 members (excludes halogenated alkanes) is 7. The van der Waals surface area contributed by atoms with Gasteiger partial charge in [0.05, 0.1) is 6.10 Å². The van der Waals surface area contributed by atoms with Crippen molar-refractivity contribution >= 4 is 0 Å². The molecule has 1 saturated carbocycles. The van der Waals surface area contributed by atoms with Crippen LogP contribution in [0.5, 0.6) is 0 Å². The molecule has 0 bridgehead atoms. The summed E-state index contributed by atoms with van der Waals surface area (Å²) in [7, 11) is 1.89. The van der Waals surface area contributed by atoms with Crippen molar-refractivity contribution in [2.75, 3.05) is 13.7 Å². The zero-order chi connectivity index (χ0) is 14.6. The molecule has 1 fully saturated rings. The number of nitrogens with one attached hydrogen (secondary N) is 1. The summed E-state index contributed by atoms with van der Waals surface area (Å²) in [4.78, 5) is 0. The fourth-order valence-corrected chi connectivity index (χ4v) is 3.25. The van der Waals surface area contributed by atoms with Crippen LogP contribution in [0.4, 0.5) is 0 Å². The van der Waals surface area contributed by atoms with Crippen molar-refractivity contribution in [3.8, 4) is 0 Å². The molecule has 0 saturated heterocycles. The van der Waals surface area contributed by atoms with Crippen molar-refractivity contribution in [1.29, 1.82) is 0 Å². The van der Waals surface area contributed by atoms with Crippen molar-refractivity contribution in [1.82, 2.24) is 5.32 Å². The van der Waals surface area contributed by atoms with Gasteiger partial charge in [-0.1, -0.05) is 65.2 Å². The molecule has 0 spiro atoms. The van der Waals surface area contributed by atoms with Gasteiger partial charge in [0.2, 0.25) is 0 Å². The molecule has 0 aromatic heterocycles. The van der Waals surface area contributed by atoms with Crippen LogP contribution >= 0.6 is 0 Å². The molecule has 1 rings (SSSR count). The van der Waals surface area contributed by atoms with Gasteiger partial charge in [0.25, 0.3) is 0 Å². The highest BCUT2D eigenvalue weighted by Crippen LogP contribution is 2.36. The lowest BCUT2D eigenvalue weighted by Crippen LogP contribution is -2.42. The van der Waals surface area contributed by atoms with Crippen LogP contribution in [0.2, 0.25) is 0 Å². The first-order valence-corrected chi connectivity index (χ1v) is 9.09. The Morgan fingerprint density at radius 3 is 2.05 bits per heavy atom. The van der Waals surface area contributed by atoms with Crippen LogP contribution in [-0.4, -0.2) is 25.8 Å². The second-order valence-corrected chi connectivity index (χ2v) is 6.47. The number of ether oxygens (including phenoxy) is 1. The summed E-state index contributed by atoms with van der Waals surface area (Å²) in [6, 6.07) is 0.581. The topological polar surface area (TPSA) is 21.3 Å². The zero-order valence-electron chi connectivity index (χ0n) is 14.1. The van der Waals surface area contributed by atoms with Gasteiger partial charge in [-0.15, -0.1) is 0 Å². The maximum atomic E-state index is 5.75. The van der Waals surface area contributed by atoms with Crippen LogP contribution in [0.25, 0.3) is 0 Å². The van der Waals surface area contributed by atoms with E-state index in [1.165, 1.54) is 70.6 Å². The molecule has 1 aliphatic rings. The highest BCUT2D eigenvalue weighted by Gasteiger charge is 2.36. The van der Waals surface area contributed by atoms with Gasteiger partial charge in [-0.2, -0.15) is 0 Å². The van der Waals surface area contributed by atoms with E-state index in [4.69, 9.17) is 4.74 Å². The molecule has 2 nitrogen and oxygen atoms in total. The third kappa shape index (κ3) is 7.64. The molecular formula is C18H37NO. The van der Waals surface area contributed by atoms with Gasteiger partial charge in [0.15, 0.2) is 0 Å². The lowest BCUT2D eigenvalue weighted by atomic mass is 9.98. The Kier molecular flexibility index (Phi) is 10.4. The predicted octanol–water partition coefficient (Wildman–Crippen LogP) is 4.92. The zero-order valence-corrected chi connectivity index (χ0v) is 14.1. The van der Waals surface area contributed by atoms with E-state index in [1.54, 1.807) is 0 Å². The summed E-state index contributed by atoms with van der Waals surface area (Å²) in [5.41, 5.74) is 0. The Morgan fingerprint density at radius 1 is 0.950 bits per heavy atom. The first-order valence-electron chi connectivity index (χ1n) is 9.09. The van der Waals surface area contributed by atoms with E-state index in [1.807, 2.05) is 7.11 Å². The molecule has 0 aliphatic heterocycles. The first-order chi connectivity index (χ1) is 9.83. The van der Waals surface area contributed by atoms with E-state index in [0.29, 0.717) is 12.1 Å². The van der Waals surface area contributed by atoms with E-state index in [-0.39, 0.29) is 0 Å². The Morgan fingerprint density at radius 2 is 1.55 bits per heavy atom. The van der Waals surface area contributed by atoms with Crippen LogP contribution in [0.15, 0.2) is 0 Å². The Labute approximate surface area is 127 Å². The van der Waals surface area contributed by atoms with Gasteiger partial charge in [0, 0.05) is 13.2 Å². The number of hydrogen-bond acceptors (Lipinski definition) is 2. The van der Waals surface area contributed by atoms with Crippen molar-refractivity contribution in [2.24, 2.45) is 5.92 Å². The van der Waals surface area contributed by atoms with Gasteiger partial charge in [-0.25, -0.2) is 0 Å². The lowest BCUT2D eigenvalue weighted by molar-refractivity contribution is 0.0480. The fourth-order valence-electron chi connectivity index (χ4n) is 3.25. The Balaban J connectivity index is 2.06. The molecule has 20 heavy (non-hydrogen) atoms. The van der Waals surface area contributed by atoms with Gasteiger partial charge in [-0.3, -0.25) is 0 Å². The van der Waals surface area contributed by atoms with E-state index in [9.17, 15) is 0 Å². The molecule has 0 amide bonds. The fraction of sp³-hybridized carbons (Fsp3) is 1.00. The molecule has 0 radical (unpaired) electrons. The smallest absolute Gasteiger partial charge is 0.0752 e. The largest absolute Gasteiger partial charge is 0.380 e. The summed E-state index contributed by atoms with van der Waals surface area (Å²) in [6.45, 7) is 5.56. The van der Waals surface area contributed by atoms with Crippen molar-refractivity contribution in [2.45, 2.75) is 96.6 Å². The summed E-state index contributed by atoms with van der Waals surface area (Å²) >= 11 is 0. The van der Waals surface area contributed by atoms with Gasteiger partial charge < -0.3 is 10.1 Å². The Bertz CT molecular complexity index is 215. The molecule has 1 N–H and O–H groups in total. The number of hydrogen-bond donors (Lipinski definition) is 1. The molecule has 120 valence electrons. The lowest BCUT2D eigenvalue weighted by Gasteiger charge is -2.27. The van der Waals surface area contributed by atoms with E-state index < -0.39 is 0 Å². The average Bonchev–Trinajstić information content (AvgIpc) is 3.27. The van der Waals surface area contributed by atoms with Crippen LogP contribution in [0, 0.1) is 5.92 Å². The molecule has 2 atom stereocenters. The molecule has 0 aromatic carbocycles. The minimum atomic E-state index is 0.458. The van der Waals surface area contributed by atoms with Crippen molar-refractivity contribution in [3.05, 3.63) is 0 Å². The first kappa shape index (κ1) is 18.0. The van der Waals surface area contributed by atoms with Crippen LogP contribution in [-0.2, 0) is 4.74 Å². The average molecular weight is 284 g/mol. The minimum absolute atomic E-state index is 0.458. The summed E-state index contributed by atoms with van der Waals surface area (Å²) < 4.78 is 5.75. The van der Waals surface area contributed by atoms with E-state index >= 15 is 0 Å². The normalized spacial score (nSPS) is 18.1. The molecule has 0 heterocycles. The molecule has 2 unspecified atom stereocenters. The number of rotatable bonds is 14. The van der Waals surface area contributed by atoms with E-state index in [0.717, 1.165) is 12.5 Å². The second kappa shape index (κ2) is 11.6. The van der Waals surface area contributed by atoms with Gasteiger partial charge in [-0.05, 0) is 31.7 Å². The summed E-state index contributed by atoms with van der Waals surface area (Å²) in [5, 5.41) is 3.65. The number of likely N-dealkylation sites (N-methyl/N-ethyl adjacent to an activating group) is 1.